The van der Waals surface area contributed by atoms with Crippen LogP contribution in [0.3, 0.4) is 0 Å². The summed E-state index contributed by atoms with van der Waals surface area (Å²) in [5, 5.41) is 12.9. The maximum absolute atomic E-state index is 13.6. The van der Waals surface area contributed by atoms with Crippen LogP contribution in [0, 0.1) is 23.0 Å². The first-order valence-electron chi connectivity index (χ1n) is 10.2. The highest BCUT2D eigenvalue weighted by Gasteiger charge is 2.60. The molecule has 0 unspecified atom stereocenters. The maximum Gasteiger partial charge on any atom is 0.269 e. The molecular weight excluding hydrogens is 410 g/mol. The molecule has 0 bridgehead atoms. The van der Waals surface area contributed by atoms with Crippen LogP contribution in [0.5, 0.6) is 0 Å². The minimum Gasteiger partial charge on any atom is -0.273 e. The van der Waals surface area contributed by atoms with Crippen molar-refractivity contribution in [2.24, 2.45) is 5.92 Å². The van der Waals surface area contributed by atoms with Crippen molar-refractivity contribution in [1.29, 1.82) is 0 Å². The van der Waals surface area contributed by atoms with Gasteiger partial charge in [-0.2, -0.15) is 0 Å². The first kappa shape index (κ1) is 19.9. The molecule has 2 saturated heterocycles. The van der Waals surface area contributed by atoms with E-state index in [1.165, 1.54) is 22.1 Å². The smallest absolute Gasteiger partial charge is 0.269 e. The van der Waals surface area contributed by atoms with Gasteiger partial charge in [-0.25, -0.2) is 9.96 Å². The lowest BCUT2D eigenvalue weighted by atomic mass is 9.90. The highest BCUT2D eigenvalue weighted by molar-refractivity contribution is 6.24. The Balaban J connectivity index is 1.62. The third kappa shape index (κ3) is 3.04. The van der Waals surface area contributed by atoms with Gasteiger partial charge in [0.15, 0.2) is 6.10 Å². The summed E-state index contributed by atoms with van der Waals surface area (Å²) in [4.78, 5) is 45.0. The second-order valence-corrected chi connectivity index (χ2v) is 7.81. The van der Waals surface area contributed by atoms with Gasteiger partial charge in [-0.1, -0.05) is 48.5 Å². The van der Waals surface area contributed by atoms with E-state index in [1.54, 1.807) is 36.4 Å². The van der Waals surface area contributed by atoms with E-state index in [1.807, 2.05) is 37.3 Å². The number of fused-ring (bicyclic) bond motifs is 1. The Morgan fingerprint density at radius 3 is 2.34 bits per heavy atom. The molecule has 160 valence electrons. The molecule has 0 aliphatic carbocycles. The number of amides is 2. The van der Waals surface area contributed by atoms with Crippen LogP contribution in [-0.4, -0.2) is 22.8 Å². The highest BCUT2D eigenvalue weighted by atomic mass is 16.7. The lowest BCUT2D eigenvalue weighted by Gasteiger charge is -2.29. The Hall–Kier alpha value is -4.04. The third-order valence-electron chi connectivity index (χ3n) is 5.91. The molecule has 2 amide bonds. The molecule has 2 fully saturated rings. The van der Waals surface area contributed by atoms with Crippen molar-refractivity contribution in [1.82, 2.24) is 0 Å². The van der Waals surface area contributed by atoms with E-state index in [4.69, 9.17) is 4.84 Å². The van der Waals surface area contributed by atoms with Crippen LogP contribution in [-0.2, 0) is 14.4 Å². The van der Waals surface area contributed by atoms with E-state index in [0.717, 1.165) is 5.56 Å². The molecule has 5 rings (SSSR count). The number of hydroxylamine groups is 1. The van der Waals surface area contributed by atoms with Gasteiger partial charge in [0.2, 0.25) is 5.91 Å². The lowest BCUT2D eigenvalue weighted by Crippen LogP contribution is -2.37. The largest absolute Gasteiger partial charge is 0.273 e. The number of para-hydroxylation sites is 2. The first-order valence-corrected chi connectivity index (χ1v) is 10.2. The average Bonchev–Trinajstić information content (AvgIpc) is 3.31. The van der Waals surface area contributed by atoms with Crippen molar-refractivity contribution >= 4 is 28.9 Å². The number of hydrogen-bond acceptors (Lipinski definition) is 6. The van der Waals surface area contributed by atoms with Gasteiger partial charge in [0.05, 0.1) is 22.3 Å². The van der Waals surface area contributed by atoms with Crippen LogP contribution in [0.25, 0.3) is 0 Å². The summed E-state index contributed by atoms with van der Waals surface area (Å²) in [7, 11) is 0. The molecule has 0 spiro atoms. The van der Waals surface area contributed by atoms with Crippen molar-refractivity contribution in [2.45, 2.75) is 19.1 Å². The second kappa shape index (κ2) is 7.58. The van der Waals surface area contributed by atoms with Crippen molar-refractivity contribution in [2.75, 3.05) is 9.96 Å². The van der Waals surface area contributed by atoms with Crippen molar-refractivity contribution < 1.29 is 19.3 Å². The normalized spacial score (nSPS) is 22.3. The van der Waals surface area contributed by atoms with E-state index in [9.17, 15) is 19.7 Å². The molecule has 0 radical (unpaired) electrons. The number of anilines is 2. The van der Waals surface area contributed by atoms with Gasteiger partial charge in [0.1, 0.15) is 5.92 Å². The van der Waals surface area contributed by atoms with E-state index in [-0.39, 0.29) is 11.6 Å². The van der Waals surface area contributed by atoms with Crippen molar-refractivity contribution in [3.63, 3.8) is 0 Å². The fourth-order valence-corrected chi connectivity index (χ4v) is 4.43. The SMILES string of the molecule is Cc1ccccc1N1C(=O)[C@H]2[C@@H](ON(c3ccccc3)[C@H]2c2cccc([N+](=O)[O-])c2)C1=O. The van der Waals surface area contributed by atoms with Crippen LogP contribution in [0.1, 0.15) is 17.2 Å². The zero-order chi connectivity index (χ0) is 22.4. The van der Waals surface area contributed by atoms with Crippen LogP contribution in [0.15, 0.2) is 78.9 Å². The molecule has 0 saturated carbocycles. The summed E-state index contributed by atoms with van der Waals surface area (Å²) in [5.74, 6) is -1.67. The Labute approximate surface area is 183 Å². The number of non-ortho nitro benzene ring substituents is 1. The summed E-state index contributed by atoms with van der Waals surface area (Å²) in [5.41, 5.74) is 2.40. The molecule has 2 aliphatic rings. The van der Waals surface area contributed by atoms with Crippen molar-refractivity contribution in [3.05, 3.63) is 100 Å². The fraction of sp³-hybridized carbons (Fsp3) is 0.167. The monoisotopic (exact) mass is 429 g/mol. The fourth-order valence-electron chi connectivity index (χ4n) is 4.43. The van der Waals surface area contributed by atoms with Gasteiger partial charge in [-0.3, -0.25) is 24.5 Å². The quantitative estimate of drug-likeness (QED) is 0.354. The minimum absolute atomic E-state index is 0.0912. The van der Waals surface area contributed by atoms with Crippen LogP contribution in [0.2, 0.25) is 0 Å². The lowest BCUT2D eigenvalue weighted by molar-refractivity contribution is -0.384. The Morgan fingerprint density at radius 2 is 1.62 bits per heavy atom. The zero-order valence-corrected chi connectivity index (χ0v) is 17.1. The molecule has 32 heavy (non-hydrogen) atoms. The average molecular weight is 429 g/mol. The number of rotatable bonds is 4. The number of aryl methyl sites for hydroxylation is 1. The molecule has 0 N–H and O–H groups in total. The van der Waals surface area contributed by atoms with E-state index >= 15 is 0 Å². The van der Waals surface area contributed by atoms with Crippen LogP contribution < -0.4 is 9.96 Å². The van der Waals surface area contributed by atoms with Crippen LogP contribution in [0.4, 0.5) is 17.1 Å². The predicted octanol–water partition coefficient (Wildman–Crippen LogP) is 3.95. The Morgan fingerprint density at radius 1 is 0.906 bits per heavy atom. The van der Waals surface area contributed by atoms with Gasteiger partial charge in [0, 0.05) is 12.1 Å². The highest BCUT2D eigenvalue weighted by Crippen LogP contribution is 2.48. The van der Waals surface area contributed by atoms with Gasteiger partial charge >= 0.3 is 0 Å². The van der Waals surface area contributed by atoms with Gasteiger partial charge in [-0.05, 0) is 36.2 Å². The number of carbonyl (C=O) groups is 2. The van der Waals surface area contributed by atoms with Crippen molar-refractivity contribution in [3.8, 4) is 0 Å². The van der Waals surface area contributed by atoms with E-state index < -0.39 is 28.9 Å². The summed E-state index contributed by atoms with van der Waals surface area (Å²) in [6.07, 6.45) is -1.02. The topological polar surface area (TPSA) is 93.0 Å². The third-order valence-corrected chi connectivity index (χ3v) is 5.91. The molecule has 2 heterocycles. The zero-order valence-electron chi connectivity index (χ0n) is 17.1. The minimum atomic E-state index is -1.02. The first-order chi connectivity index (χ1) is 15.5. The number of benzene rings is 3. The van der Waals surface area contributed by atoms with Crippen LogP contribution >= 0.6 is 0 Å². The van der Waals surface area contributed by atoms with Gasteiger partial charge < -0.3 is 0 Å². The van der Waals surface area contributed by atoms with Gasteiger partial charge in [0.25, 0.3) is 11.6 Å². The van der Waals surface area contributed by atoms with E-state index in [2.05, 4.69) is 0 Å². The number of carbonyl (C=O) groups excluding carboxylic acids is 2. The number of imide groups is 1. The summed E-state index contributed by atoms with van der Waals surface area (Å²) in [6.45, 7) is 1.83. The molecule has 2 aliphatic heterocycles. The molecule has 3 aromatic carbocycles. The number of nitro groups is 1. The molecule has 8 nitrogen and oxygen atoms in total. The summed E-state index contributed by atoms with van der Waals surface area (Å²) < 4.78 is 0. The standard InChI is InChI=1S/C24H19N3O5/c1-15-8-5-6-13-19(15)25-23(28)20-21(16-9-7-12-18(14-16)27(30)31)26(32-22(20)24(25)29)17-10-3-2-4-11-17/h2-14,20-22H,1H3/t20-,21+,22-/m1/s1. The molecule has 0 aromatic heterocycles. The number of nitrogens with zero attached hydrogens (tertiary/aromatic N) is 3. The second-order valence-electron chi connectivity index (χ2n) is 7.81. The number of hydrogen-bond donors (Lipinski definition) is 0. The molecule has 3 aromatic rings. The van der Waals surface area contributed by atoms with E-state index in [0.29, 0.717) is 16.9 Å². The summed E-state index contributed by atoms with van der Waals surface area (Å²) in [6, 6.07) is 21.7. The number of nitro benzene ring substituents is 1. The molecule has 8 heteroatoms. The Kier molecular flexibility index (Phi) is 4.71. The molecule has 3 atom stereocenters. The van der Waals surface area contributed by atoms with Gasteiger partial charge in [-0.15, -0.1) is 0 Å². The maximum atomic E-state index is 13.6. The summed E-state index contributed by atoms with van der Waals surface area (Å²) >= 11 is 0. The Bertz CT molecular complexity index is 1230. The molecular formula is C24H19N3O5. The predicted molar refractivity (Wildman–Crippen MR) is 117 cm³/mol.